The largest absolute Gasteiger partial charge is 0.459 e. The summed E-state index contributed by atoms with van der Waals surface area (Å²) in [6, 6.07) is -0.171. The highest BCUT2D eigenvalue weighted by Gasteiger charge is 2.25. The SMILES string of the molecule is CCCC(CC)CN(C)[C@H](C)C(=O)OC(C)(C)C. The number of rotatable bonds is 7. The molecule has 0 aromatic carbocycles. The Morgan fingerprint density at radius 3 is 2.22 bits per heavy atom. The second-order valence-corrected chi connectivity index (χ2v) is 6.21. The number of hydrogen-bond donors (Lipinski definition) is 0. The minimum absolute atomic E-state index is 0.128. The molecule has 0 aromatic heterocycles. The molecule has 0 aromatic rings. The second-order valence-electron chi connectivity index (χ2n) is 6.21. The summed E-state index contributed by atoms with van der Waals surface area (Å²) in [5.41, 5.74) is -0.403. The Bertz CT molecular complexity index is 245. The van der Waals surface area contributed by atoms with E-state index in [2.05, 4.69) is 18.7 Å². The maximum absolute atomic E-state index is 12.0. The number of esters is 1. The summed E-state index contributed by atoms with van der Waals surface area (Å²) < 4.78 is 5.42. The van der Waals surface area contributed by atoms with Gasteiger partial charge in [0.05, 0.1) is 0 Å². The molecule has 0 aliphatic rings. The van der Waals surface area contributed by atoms with Crippen LogP contribution in [0.2, 0.25) is 0 Å². The van der Waals surface area contributed by atoms with Crippen LogP contribution in [0.25, 0.3) is 0 Å². The van der Waals surface area contributed by atoms with E-state index >= 15 is 0 Å². The fraction of sp³-hybridized carbons (Fsp3) is 0.933. The number of nitrogens with zero attached hydrogens (tertiary/aromatic N) is 1. The van der Waals surface area contributed by atoms with Gasteiger partial charge in [-0.1, -0.05) is 26.7 Å². The fourth-order valence-electron chi connectivity index (χ4n) is 1.97. The highest BCUT2D eigenvalue weighted by molar-refractivity contribution is 5.75. The van der Waals surface area contributed by atoms with E-state index in [4.69, 9.17) is 4.74 Å². The number of hydrogen-bond acceptors (Lipinski definition) is 3. The van der Waals surface area contributed by atoms with Crippen molar-refractivity contribution in [2.45, 2.75) is 72.4 Å². The van der Waals surface area contributed by atoms with Gasteiger partial charge in [0.1, 0.15) is 11.6 Å². The minimum atomic E-state index is -0.403. The maximum Gasteiger partial charge on any atom is 0.323 e. The molecule has 0 amide bonds. The molecular formula is C15H31NO2. The highest BCUT2D eigenvalue weighted by Crippen LogP contribution is 2.15. The van der Waals surface area contributed by atoms with Crippen molar-refractivity contribution >= 4 is 5.97 Å². The first-order valence-corrected chi connectivity index (χ1v) is 7.14. The van der Waals surface area contributed by atoms with Crippen LogP contribution in [0.5, 0.6) is 0 Å². The standard InChI is InChI=1S/C15H31NO2/c1-8-10-13(9-2)11-16(7)12(3)14(17)18-15(4,5)6/h12-13H,8-11H2,1-7H3/t12-,13?/m1/s1. The van der Waals surface area contributed by atoms with E-state index in [9.17, 15) is 4.79 Å². The molecule has 3 nitrogen and oxygen atoms in total. The van der Waals surface area contributed by atoms with E-state index in [0.29, 0.717) is 5.92 Å². The monoisotopic (exact) mass is 257 g/mol. The van der Waals surface area contributed by atoms with Crippen molar-refractivity contribution in [3.05, 3.63) is 0 Å². The van der Waals surface area contributed by atoms with E-state index in [1.165, 1.54) is 19.3 Å². The fourth-order valence-corrected chi connectivity index (χ4v) is 1.97. The Morgan fingerprint density at radius 1 is 1.28 bits per heavy atom. The molecule has 0 rings (SSSR count). The molecule has 0 aliphatic heterocycles. The first-order chi connectivity index (χ1) is 8.21. The van der Waals surface area contributed by atoms with Crippen LogP contribution in [0.1, 0.15) is 60.8 Å². The van der Waals surface area contributed by atoms with Crippen LogP contribution < -0.4 is 0 Å². The summed E-state index contributed by atoms with van der Waals surface area (Å²) in [6.07, 6.45) is 3.59. The predicted molar refractivity (Wildman–Crippen MR) is 76.6 cm³/mol. The summed E-state index contributed by atoms with van der Waals surface area (Å²) in [5, 5.41) is 0. The van der Waals surface area contributed by atoms with Gasteiger partial charge < -0.3 is 4.74 Å². The third kappa shape index (κ3) is 7.00. The number of carbonyl (C=O) groups is 1. The van der Waals surface area contributed by atoms with Crippen LogP contribution in [0, 0.1) is 5.92 Å². The normalized spacial score (nSPS) is 15.6. The third-order valence-corrected chi connectivity index (χ3v) is 3.23. The van der Waals surface area contributed by atoms with Gasteiger partial charge in [-0.3, -0.25) is 9.69 Å². The molecule has 0 heterocycles. The lowest BCUT2D eigenvalue weighted by molar-refractivity contribution is -0.160. The van der Waals surface area contributed by atoms with E-state index in [1.54, 1.807) is 0 Å². The van der Waals surface area contributed by atoms with Gasteiger partial charge in [0.15, 0.2) is 0 Å². The smallest absolute Gasteiger partial charge is 0.323 e. The Labute approximate surface area is 113 Å². The van der Waals surface area contributed by atoms with Gasteiger partial charge in [0.2, 0.25) is 0 Å². The molecule has 0 spiro atoms. The molecule has 0 N–H and O–H groups in total. The molecule has 3 heteroatoms. The third-order valence-electron chi connectivity index (χ3n) is 3.23. The molecule has 0 radical (unpaired) electrons. The lowest BCUT2D eigenvalue weighted by Gasteiger charge is -2.29. The molecule has 1 unspecified atom stereocenters. The van der Waals surface area contributed by atoms with E-state index in [-0.39, 0.29) is 12.0 Å². The number of ether oxygens (including phenoxy) is 1. The van der Waals surface area contributed by atoms with Crippen molar-refractivity contribution in [1.29, 1.82) is 0 Å². The van der Waals surface area contributed by atoms with Crippen molar-refractivity contribution in [3.8, 4) is 0 Å². The van der Waals surface area contributed by atoms with E-state index < -0.39 is 5.60 Å². The average Bonchev–Trinajstić information content (AvgIpc) is 2.24. The Hall–Kier alpha value is -0.570. The first-order valence-electron chi connectivity index (χ1n) is 7.14. The molecule has 18 heavy (non-hydrogen) atoms. The van der Waals surface area contributed by atoms with E-state index in [0.717, 1.165) is 6.54 Å². The summed E-state index contributed by atoms with van der Waals surface area (Å²) >= 11 is 0. The van der Waals surface area contributed by atoms with Gasteiger partial charge in [-0.25, -0.2) is 0 Å². The van der Waals surface area contributed by atoms with Crippen LogP contribution in [0.15, 0.2) is 0 Å². The molecule has 0 saturated heterocycles. The van der Waals surface area contributed by atoms with Crippen molar-refractivity contribution in [3.63, 3.8) is 0 Å². The molecule has 0 fully saturated rings. The van der Waals surface area contributed by atoms with Crippen LogP contribution in [-0.4, -0.2) is 36.1 Å². The summed E-state index contributed by atoms with van der Waals surface area (Å²) in [7, 11) is 2.01. The van der Waals surface area contributed by atoms with Crippen molar-refractivity contribution in [2.75, 3.05) is 13.6 Å². The Balaban J connectivity index is 4.31. The van der Waals surface area contributed by atoms with E-state index in [1.807, 2.05) is 34.7 Å². The molecule has 2 atom stereocenters. The van der Waals surface area contributed by atoms with Gasteiger partial charge >= 0.3 is 5.97 Å². The minimum Gasteiger partial charge on any atom is -0.459 e. The van der Waals surface area contributed by atoms with Gasteiger partial charge in [-0.05, 0) is 47.1 Å². The zero-order valence-electron chi connectivity index (χ0n) is 13.2. The first kappa shape index (κ1) is 17.4. The molecule has 0 aliphatic carbocycles. The van der Waals surface area contributed by atoms with Crippen molar-refractivity contribution in [2.24, 2.45) is 5.92 Å². The summed E-state index contributed by atoms with van der Waals surface area (Å²) in [5.74, 6) is 0.543. The number of likely N-dealkylation sites (N-methyl/N-ethyl adjacent to an activating group) is 1. The van der Waals surface area contributed by atoms with Gasteiger partial charge in [-0.2, -0.15) is 0 Å². The second kappa shape index (κ2) is 7.78. The zero-order chi connectivity index (χ0) is 14.3. The molecular weight excluding hydrogens is 226 g/mol. The lowest BCUT2D eigenvalue weighted by atomic mass is 10.00. The lowest BCUT2D eigenvalue weighted by Crippen LogP contribution is -2.42. The molecule has 108 valence electrons. The van der Waals surface area contributed by atoms with Gasteiger partial charge in [0, 0.05) is 6.54 Å². The Morgan fingerprint density at radius 2 is 1.83 bits per heavy atom. The highest BCUT2D eigenvalue weighted by atomic mass is 16.6. The van der Waals surface area contributed by atoms with Crippen LogP contribution in [0.3, 0.4) is 0 Å². The molecule has 0 saturated carbocycles. The molecule has 0 bridgehead atoms. The van der Waals surface area contributed by atoms with Crippen LogP contribution in [0.4, 0.5) is 0 Å². The predicted octanol–water partition coefficient (Wildman–Crippen LogP) is 3.47. The summed E-state index contributed by atoms with van der Waals surface area (Å²) in [6.45, 7) is 13.0. The van der Waals surface area contributed by atoms with Crippen LogP contribution >= 0.6 is 0 Å². The average molecular weight is 257 g/mol. The Kier molecular flexibility index (Phi) is 7.53. The quantitative estimate of drug-likeness (QED) is 0.654. The van der Waals surface area contributed by atoms with Crippen LogP contribution in [-0.2, 0) is 9.53 Å². The van der Waals surface area contributed by atoms with Crippen molar-refractivity contribution in [1.82, 2.24) is 4.90 Å². The zero-order valence-corrected chi connectivity index (χ0v) is 13.2. The topological polar surface area (TPSA) is 29.5 Å². The van der Waals surface area contributed by atoms with Gasteiger partial charge in [-0.15, -0.1) is 0 Å². The maximum atomic E-state index is 12.0. The van der Waals surface area contributed by atoms with Gasteiger partial charge in [0.25, 0.3) is 0 Å². The number of carbonyl (C=O) groups excluding carboxylic acids is 1. The van der Waals surface area contributed by atoms with Crippen molar-refractivity contribution < 1.29 is 9.53 Å². The summed E-state index contributed by atoms with van der Waals surface area (Å²) in [4.78, 5) is 14.1.